The van der Waals surface area contributed by atoms with Gasteiger partial charge in [-0.15, -0.1) is 0 Å². The van der Waals surface area contributed by atoms with Crippen molar-refractivity contribution in [1.29, 1.82) is 0 Å². The Morgan fingerprint density at radius 1 is 0.477 bits per heavy atom. The van der Waals surface area contributed by atoms with Gasteiger partial charge in [0.1, 0.15) is 0 Å². The number of benzene rings is 4. The molecule has 2 N–H and O–H groups in total. The van der Waals surface area contributed by atoms with Crippen molar-refractivity contribution in [2.45, 2.75) is 96.8 Å². The molecule has 3 nitrogen and oxygen atoms in total. The van der Waals surface area contributed by atoms with Crippen LogP contribution in [0, 0.1) is 0 Å². The van der Waals surface area contributed by atoms with E-state index in [-0.39, 0.29) is 10.8 Å². The van der Waals surface area contributed by atoms with Gasteiger partial charge in [0.15, 0.2) is 0 Å². The molecule has 0 spiro atoms. The summed E-state index contributed by atoms with van der Waals surface area (Å²) in [4.78, 5) is 24.8. The Kier molecular flexibility index (Phi) is 11.2. The zero-order valence-corrected chi connectivity index (χ0v) is 28.4. The standard InChI is InChI=1S/C40H53O3P/c1-6-7-8-9-10-11-12-19-32-43-44(41,42,37-28-24-35(25-29-37)39(2,3)33-20-15-13-16-21-33)38-30-26-36(27-31-38)40(4,5)34-22-17-14-18-23-34/h13-18,20-31,41-42H,6-12,19,32H2,1-5H3. The third-order valence-electron chi connectivity index (χ3n) is 9.43. The average Bonchev–Trinajstić information content (AvgIpc) is 3.05. The number of hydrogen-bond acceptors (Lipinski definition) is 3. The van der Waals surface area contributed by atoms with E-state index in [1.165, 1.54) is 43.2 Å². The molecule has 0 aliphatic rings. The van der Waals surface area contributed by atoms with E-state index >= 15 is 0 Å². The van der Waals surface area contributed by atoms with Gasteiger partial charge in [-0.3, -0.25) is 0 Å². The van der Waals surface area contributed by atoms with Gasteiger partial charge in [0.25, 0.3) is 0 Å². The first-order valence-electron chi connectivity index (χ1n) is 16.5. The van der Waals surface area contributed by atoms with Crippen molar-refractivity contribution < 1.29 is 14.3 Å². The van der Waals surface area contributed by atoms with Crippen LogP contribution in [0.25, 0.3) is 0 Å². The van der Waals surface area contributed by atoms with E-state index in [4.69, 9.17) is 4.52 Å². The van der Waals surface area contributed by atoms with Crippen LogP contribution in [0.5, 0.6) is 0 Å². The molecule has 4 aromatic rings. The maximum absolute atomic E-state index is 12.4. The van der Waals surface area contributed by atoms with Gasteiger partial charge in [0.2, 0.25) is 0 Å². The summed E-state index contributed by atoms with van der Waals surface area (Å²) < 4.78 is 6.30. The second kappa shape index (κ2) is 14.5. The Labute approximate surface area is 266 Å². The van der Waals surface area contributed by atoms with Crippen molar-refractivity contribution >= 4 is 17.9 Å². The molecule has 0 heterocycles. The zero-order valence-electron chi connectivity index (χ0n) is 27.5. The second-order valence-electron chi connectivity index (χ2n) is 13.3. The normalized spacial score (nSPS) is 13.4. The molecule has 0 saturated carbocycles. The number of rotatable bonds is 16. The van der Waals surface area contributed by atoms with E-state index in [2.05, 4.69) is 83.1 Å². The van der Waals surface area contributed by atoms with E-state index in [0.29, 0.717) is 17.2 Å². The molecule has 0 amide bonds. The fourth-order valence-corrected chi connectivity index (χ4v) is 8.55. The summed E-state index contributed by atoms with van der Waals surface area (Å²) in [6.07, 6.45) is 9.30. The molecule has 0 fully saturated rings. The van der Waals surface area contributed by atoms with Crippen LogP contribution in [-0.2, 0) is 15.4 Å². The molecular formula is C40H53O3P. The predicted octanol–water partition coefficient (Wildman–Crippen LogP) is 9.73. The summed E-state index contributed by atoms with van der Waals surface area (Å²) in [5, 5.41) is 0.858. The van der Waals surface area contributed by atoms with Crippen LogP contribution in [0.1, 0.15) is 108 Å². The minimum absolute atomic E-state index is 0.232. The van der Waals surface area contributed by atoms with Crippen molar-refractivity contribution in [1.82, 2.24) is 0 Å². The molecule has 0 aliphatic carbocycles. The molecule has 0 radical (unpaired) electrons. The fraction of sp³-hybridized carbons (Fsp3) is 0.400. The number of unbranched alkanes of at least 4 members (excludes halogenated alkanes) is 7. The Balaban J connectivity index is 1.61. The Morgan fingerprint density at radius 3 is 1.20 bits per heavy atom. The van der Waals surface area contributed by atoms with E-state index in [1.807, 2.05) is 60.7 Å². The summed E-state index contributed by atoms with van der Waals surface area (Å²) in [5.41, 5.74) is 4.16. The molecule has 4 rings (SSSR count). The van der Waals surface area contributed by atoms with Gasteiger partial charge >= 0.3 is 267 Å². The van der Waals surface area contributed by atoms with Crippen molar-refractivity contribution in [2.24, 2.45) is 0 Å². The molecule has 44 heavy (non-hydrogen) atoms. The van der Waals surface area contributed by atoms with E-state index in [9.17, 15) is 9.79 Å². The molecular weight excluding hydrogens is 559 g/mol. The van der Waals surface area contributed by atoms with Gasteiger partial charge in [-0.25, -0.2) is 0 Å². The maximum atomic E-state index is 12.4. The summed E-state index contributed by atoms with van der Waals surface area (Å²) in [6, 6.07) is 36.3. The second-order valence-corrected chi connectivity index (χ2v) is 16.5. The van der Waals surface area contributed by atoms with Crippen molar-refractivity contribution in [3.05, 3.63) is 131 Å². The topological polar surface area (TPSA) is 49.7 Å². The molecule has 0 bridgehead atoms. The van der Waals surface area contributed by atoms with Gasteiger partial charge in [0, 0.05) is 0 Å². The Bertz CT molecular complexity index is 1330. The summed E-state index contributed by atoms with van der Waals surface area (Å²) >= 11 is 0. The van der Waals surface area contributed by atoms with Gasteiger partial charge < -0.3 is 0 Å². The van der Waals surface area contributed by atoms with Gasteiger partial charge in [-0.1, -0.05) is 0 Å². The fourth-order valence-electron chi connectivity index (χ4n) is 6.11. The monoisotopic (exact) mass is 612 g/mol. The van der Waals surface area contributed by atoms with Crippen LogP contribution < -0.4 is 10.6 Å². The molecule has 0 atom stereocenters. The van der Waals surface area contributed by atoms with Crippen LogP contribution in [0.4, 0.5) is 0 Å². The molecule has 4 aromatic carbocycles. The Morgan fingerprint density at radius 2 is 0.818 bits per heavy atom. The average molecular weight is 613 g/mol. The van der Waals surface area contributed by atoms with Gasteiger partial charge in [-0.2, -0.15) is 0 Å². The van der Waals surface area contributed by atoms with Gasteiger partial charge in [-0.05, 0) is 0 Å². The SMILES string of the molecule is CCCCCCCCCCOP(O)(O)(c1ccc(C(C)(C)c2ccccc2)cc1)c1ccc(C(C)(C)c2ccccc2)cc1. The van der Waals surface area contributed by atoms with Crippen LogP contribution in [0.2, 0.25) is 0 Å². The van der Waals surface area contributed by atoms with Crippen molar-refractivity contribution in [3.8, 4) is 0 Å². The van der Waals surface area contributed by atoms with Gasteiger partial charge in [0.05, 0.1) is 0 Å². The Hall–Kier alpha value is -2.81. The van der Waals surface area contributed by atoms with Crippen LogP contribution in [-0.4, -0.2) is 16.4 Å². The zero-order chi connectivity index (χ0) is 31.7. The molecule has 0 saturated heterocycles. The predicted molar refractivity (Wildman–Crippen MR) is 189 cm³/mol. The molecule has 0 aromatic heterocycles. The third kappa shape index (κ3) is 7.69. The van der Waals surface area contributed by atoms with Crippen LogP contribution in [0.3, 0.4) is 0 Å². The molecule has 0 unspecified atom stereocenters. The summed E-state index contributed by atoms with van der Waals surface area (Å²) in [6.45, 7) is 11.3. The third-order valence-corrected chi connectivity index (χ3v) is 12.6. The molecule has 236 valence electrons. The first-order valence-corrected chi connectivity index (χ1v) is 18.5. The minimum atomic E-state index is -4.92. The van der Waals surface area contributed by atoms with E-state index < -0.39 is 7.28 Å². The van der Waals surface area contributed by atoms with Crippen LogP contribution in [0.15, 0.2) is 109 Å². The quantitative estimate of drug-likeness (QED) is 0.0978. The first-order chi connectivity index (χ1) is 21.0. The van der Waals surface area contributed by atoms with Crippen molar-refractivity contribution in [3.63, 3.8) is 0 Å². The van der Waals surface area contributed by atoms with Crippen LogP contribution >= 0.6 is 7.28 Å². The number of hydrogen-bond donors (Lipinski definition) is 2. The molecule has 4 heteroatoms. The molecule has 0 aliphatic heterocycles. The van der Waals surface area contributed by atoms with E-state index in [1.54, 1.807) is 0 Å². The van der Waals surface area contributed by atoms with E-state index in [0.717, 1.165) is 30.4 Å². The summed E-state index contributed by atoms with van der Waals surface area (Å²) in [7, 11) is -4.92. The van der Waals surface area contributed by atoms with Crippen molar-refractivity contribution in [2.75, 3.05) is 6.61 Å². The first kappa shape index (κ1) is 34.1. The summed E-state index contributed by atoms with van der Waals surface area (Å²) in [5.74, 6) is 0.